The number of halogens is 5. The number of carbonyl (C=O) groups is 1. The number of nitrogens with zero attached hydrogens (tertiary/aromatic N) is 1. The molecule has 8 heteroatoms. The predicted molar refractivity (Wildman–Crippen MR) is 90.1 cm³/mol. The Hall–Kier alpha value is -2.49. The van der Waals surface area contributed by atoms with Crippen molar-refractivity contribution in [2.24, 2.45) is 0 Å². The molecular formula is C17H9Cl2F3N2O. The number of benzene rings is 2. The lowest BCUT2D eigenvalue weighted by Gasteiger charge is -2.11. The van der Waals surface area contributed by atoms with Crippen LogP contribution in [0.5, 0.6) is 0 Å². The number of hydrogen-bond acceptors (Lipinski definition) is 2. The first kappa shape index (κ1) is 18.8. The first-order chi connectivity index (χ1) is 11.7. The summed E-state index contributed by atoms with van der Waals surface area (Å²) in [5.74, 6) is -0.899. The zero-order chi connectivity index (χ0) is 18.6. The van der Waals surface area contributed by atoms with E-state index in [2.05, 4.69) is 5.32 Å². The molecule has 0 fully saturated rings. The summed E-state index contributed by atoms with van der Waals surface area (Å²) in [6.07, 6.45) is -3.74. The Bertz CT molecular complexity index is 886. The maximum atomic E-state index is 13.0. The van der Waals surface area contributed by atoms with Crippen LogP contribution in [0.4, 0.5) is 18.9 Å². The minimum Gasteiger partial charge on any atom is -0.320 e. The van der Waals surface area contributed by atoms with E-state index in [1.54, 1.807) is 6.07 Å². The zero-order valence-electron chi connectivity index (χ0n) is 12.4. The number of nitrogens with one attached hydrogen (secondary N) is 1. The van der Waals surface area contributed by atoms with Crippen LogP contribution in [0, 0.1) is 11.3 Å². The number of rotatable bonds is 3. The van der Waals surface area contributed by atoms with Gasteiger partial charge in [0.05, 0.1) is 21.3 Å². The lowest BCUT2D eigenvalue weighted by Crippen LogP contribution is -2.14. The molecule has 0 aliphatic carbocycles. The Kier molecular flexibility index (Phi) is 5.73. The summed E-state index contributed by atoms with van der Waals surface area (Å²) in [4.78, 5) is 12.2. The first-order valence-electron chi connectivity index (χ1n) is 6.77. The highest BCUT2D eigenvalue weighted by Gasteiger charge is 2.32. The number of amides is 1. The smallest absolute Gasteiger partial charge is 0.320 e. The van der Waals surface area contributed by atoms with Crippen LogP contribution in [0.15, 0.2) is 48.0 Å². The molecule has 1 amide bonds. The topological polar surface area (TPSA) is 52.9 Å². The standard InChI is InChI=1S/C17H9Cl2F3N2O/c18-13-6-3-7-14(15(13)19)24-16(25)11(9-23)8-10-4-1-2-5-12(10)17(20,21)22/h1-8H,(H,24,25)/b11-8+. The summed E-state index contributed by atoms with van der Waals surface area (Å²) < 4.78 is 39.0. The number of anilines is 1. The van der Waals surface area contributed by atoms with Gasteiger partial charge in [0.2, 0.25) is 0 Å². The van der Waals surface area contributed by atoms with Crippen LogP contribution in [-0.4, -0.2) is 5.91 Å². The molecule has 0 aromatic heterocycles. The number of alkyl halides is 3. The maximum absolute atomic E-state index is 13.0. The van der Waals surface area contributed by atoms with E-state index in [0.717, 1.165) is 12.1 Å². The van der Waals surface area contributed by atoms with Crippen molar-refractivity contribution < 1.29 is 18.0 Å². The molecule has 0 saturated carbocycles. The van der Waals surface area contributed by atoms with Crippen molar-refractivity contribution in [2.75, 3.05) is 5.32 Å². The second-order valence-corrected chi connectivity index (χ2v) is 5.60. The predicted octanol–water partition coefficient (Wildman–Crippen LogP) is 5.56. The highest BCUT2D eigenvalue weighted by molar-refractivity contribution is 6.44. The molecular weight excluding hydrogens is 376 g/mol. The van der Waals surface area contributed by atoms with Gasteiger partial charge in [-0.3, -0.25) is 4.79 Å². The Morgan fingerprint density at radius 2 is 1.80 bits per heavy atom. The maximum Gasteiger partial charge on any atom is 0.416 e. The van der Waals surface area contributed by atoms with Gasteiger partial charge in [0.25, 0.3) is 5.91 Å². The van der Waals surface area contributed by atoms with E-state index in [4.69, 9.17) is 28.5 Å². The summed E-state index contributed by atoms with van der Waals surface area (Å²) in [6.45, 7) is 0. The quantitative estimate of drug-likeness (QED) is 0.556. The molecule has 0 unspecified atom stereocenters. The van der Waals surface area contributed by atoms with E-state index >= 15 is 0 Å². The fraction of sp³-hybridized carbons (Fsp3) is 0.0588. The third-order valence-electron chi connectivity index (χ3n) is 3.13. The molecule has 0 radical (unpaired) electrons. The Labute approximate surface area is 151 Å². The lowest BCUT2D eigenvalue weighted by atomic mass is 10.0. The summed E-state index contributed by atoms with van der Waals surface area (Å²) in [5, 5.41) is 11.7. The molecule has 1 N–H and O–H groups in total. The van der Waals surface area contributed by atoms with Gasteiger partial charge < -0.3 is 5.32 Å². The normalized spacial score (nSPS) is 11.8. The van der Waals surface area contributed by atoms with Crippen molar-refractivity contribution in [2.45, 2.75) is 6.18 Å². The van der Waals surface area contributed by atoms with Crippen molar-refractivity contribution in [1.82, 2.24) is 0 Å². The van der Waals surface area contributed by atoms with Gasteiger partial charge in [-0.15, -0.1) is 0 Å². The third kappa shape index (κ3) is 4.53. The highest BCUT2D eigenvalue weighted by Crippen LogP contribution is 2.33. The number of hydrogen-bond donors (Lipinski definition) is 1. The molecule has 128 valence electrons. The average molecular weight is 385 g/mol. The Morgan fingerprint density at radius 3 is 2.44 bits per heavy atom. The van der Waals surface area contributed by atoms with Crippen molar-refractivity contribution in [3.63, 3.8) is 0 Å². The van der Waals surface area contributed by atoms with Crippen LogP contribution in [0.25, 0.3) is 6.08 Å². The average Bonchev–Trinajstić information content (AvgIpc) is 2.56. The molecule has 0 bridgehead atoms. The molecule has 0 aliphatic rings. The highest BCUT2D eigenvalue weighted by atomic mass is 35.5. The van der Waals surface area contributed by atoms with Gasteiger partial charge in [0.15, 0.2) is 0 Å². The van der Waals surface area contributed by atoms with E-state index < -0.39 is 23.2 Å². The van der Waals surface area contributed by atoms with Crippen LogP contribution >= 0.6 is 23.2 Å². The summed E-state index contributed by atoms with van der Waals surface area (Å²) in [5.41, 5.74) is -1.60. The van der Waals surface area contributed by atoms with Gasteiger partial charge in [-0.1, -0.05) is 47.5 Å². The van der Waals surface area contributed by atoms with Crippen LogP contribution in [-0.2, 0) is 11.0 Å². The van der Waals surface area contributed by atoms with Crippen LogP contribution in [0.1, 0.15) is 11.1 Å². The summed E-state index contributed by atoms with van der Waals surface area (Å²) >= 11 is 11.8. The van der Waals surface area contributed by atoms with Gasteiger partial charge >= 0.3 is 6.18 Å². The molecule has 2 aromatic carbocycles. The molecule has 0 aliphatic heterocycles. The van der Waals surface area contributed by atoms with Crippen LogP contribution in [0.3, 0.4) is 0 Å². The van der Waals surface area contributed by atoms with Gasteiger partial charge in [-0.05, 0) is 29.8 Å². The fourth-order valence-electron chi connectivity index (χ4n) is 1.98. The number of nitriles is 1. The van der Waals surface area contributed by atoms with Crippen molar-refractivity contribution in [3.05, 3.63) is 69.2 Å². The second kappa shape index (κ2) is 7.60. The fourth-order valence-corrected chi connectivity index (χ4v) is 2.32. The molecule has 0 saturated heterocycles. The van der Waals surface area contributed by atoms with Crippen molar-refractivity contribution in [1.29, 1.82) is 5.26 Å². The van der Waals surface area contributed by atoms with E-state index in [-0.39, 0.29) is 21.3 Å². The van der Waals surface area contributed by atoms with E-state index in [1.165, 1.54) is 36.4 Å². The Morgan fingerprint density at radius 1 is 1.12 bits per heavy atom. The van der Waals surface area contributed by atoms with Crippen molar-refractivity contribution in [3.8, 4) is 6.07 Å². The van der Waals surface area contributed by atoms with E-state index in [9.17, 15) is 18.0 Å². The number of carbonyl (C=O) groups excluding carboxylic acids is 1. The zero-order valence-corrected chi connectivity index (χ0v) is 13.9. The van der Waals surface area contributed by atoms with Gasteiger partial charge in [0.1, 0.15) is 11.6 Å². The van der Waals surface area contributed by atoms with Gasteiger partial charge in [-0.2, -0.15) is 18.4 Å². The summed E-state index contributed by atoms with van der Waals surface area (Å²) in [6, 6.07) is 10.7. The van der Waals surface area contributed by atoms with E-state index in [0.29, 0.717) is 0 Å². The minimum absolute atomic E-state index is 0.0606. The molecule has 25 heavy (non-hydrogen) atoms. The van der Waals surface area contributed by atoms with Gasteiger partial charge in [0, 0.05) is 0 Å². The van der Waals surface area contributed by atoms with Crippen LogP contribution < -0.4 is 5.32 Å². The largest absolute Gasteiger partial charge is 0.416 e. The molecule has 2 aromatic rings. The SMILES string of the molecule is N#C/C(=C\c1ccccc1C(F)(F)F)C(=O)Nc1cccc(Cl)c1Cl. The monoisotopic (exact) mass is 384 g/mol. The van der Waals surface area contributed by atoms with Crippen LogP contribution in [0.2, 0.25) is 10.0 Å². The molecule has 0 atom stereocenters. The first-order valence-corrected chi connectivity index (χ1v) is 7.53. The Balaban J connectivity index is 2.37. The molecule has 3 nitrogen and oxygen atoms in total. The summed E-state index contributed by atoms with van der Waals surface area (Å²) in [7, 11) is 0. The molecule has 0 heterocycles. The minimum atomic E-state index is -4.61. The van der Waals surface area contributed by atoms with Crippen molar-refractivity contribution >= 4 is 40.9 Å². The third-order valence-corrected chi connectivity index (χ3v) is 3.95. The van der Waals surface area contributed by atoms with E-state index in [1.807, 2.05) is 0 Å². The molecule has 0 spiro atoms. The molecule has 2 rings (SSSR count). The van der Waals surface area contributed by atoms with Gasteiger partial charge in [-0.25, -0.2) is 0 Å². The lowest BCUT2D eigenvalue weighted by molar-refractivity contribution is -0.137. The second-order valence-electron chi connectivity index (χ2n) is 4.81.